The van der Waals surface area contributed by atoms with Gasteiger partial charge in [-0.3, -0.25) is 4.79 Å². The van der Waals surface area contributed by atoms with Crippen LogP contribution in [0.4, 0.5) is 30.7 Å². The van der Waals surface area contributed by atoms with Gasteiger partial charge in [-0.2, -0.15) is 17.6 Å². The van der Waals surface area contributed by atoms with Crippen LogP contribution < -0.4 is 5.32 Å². The maximum absolute atomic E-state index is 12.7. The van der Waals surface area contributed by atoms with Crippen LogP contribution in [0.1, 0.15) is 6.92 Å². The Morgan fingerprint density at radius 3 is 1.82 bits per heavy atom. The number of hydrogen-bond donors (Lipinski definition) is 1. The van der Waals surface area contributed by atoms with Crippen molar-refractivity contribution in [1.82, 2.24) is 5.32 Å². The van der Waals surface area contributed by atoms with E-state index in [2.05, 4.69) is 6.58 Å². The Bertz CT molecular complexity index is 315. The molecular weight excluding hydrogens is 259 g/mol. The zero-order valence-corrected chi connectivity index (χ0v) is 8.42. The molecule has 0 spiro atoms. The lowest BCUT2D eigenvalue weighted by atomic mass is 10.1. The second kappa shape index (κ2) is 4.92. The van der Waals surface area contributed by atoms with Crippen LogP contribution in [0.15, 0.2) is 12.2 Å². The number of alkyl halides is 7. The molecule has 0 unspecified atom stereocenters. The first-order chi connectivity index (χ1) is 7.44. The second-order valence-electron chi connectivity index (χ2n) is 3.16. The van der Waals surface area contributed by atoms with Crippen LogP contribution in [-0.4, -0.2) is 30.5 Å². The number of halogens is 7. The first kappa shape index (κ1) is 15.7. The molecule has 0 bridgehead atoms. The van der Waals surface area contributed by atoms with E-state index in [0.29, 0.717) is 0 Å². The minimum Gasteiger partial charge on any atom is -0.317 e. The van der Waals surface area contributed by atoms with Crippen molar-refractivity contribution in [3.63, 3.8) is 0 Å². The van der Waals surface area contributed by atoms with Gasteiger partial charge in [-0.15, -0.1) is 0 Å². The van der Waals surface area contributed by atoms with Crippen molar-refractivity contribution < 1.29 is 35.5 Å². The van der Waals surface area contributed by atoms with Gasteiger partial charge in [-0.05, 0) is 6.92 Å². The van der Waals surface area contributed by atoms with Crippen molar-refractivity contribution in [3.8, 4) is 0 Å². The van der Waals surface area contributed by atoms with Gasteiger partial charge >= 0.3 is 18.3 Å². The average Bonchev–Trinajstić information content (AvgIpc) is 2.16. The molecule has 0 fully saturated rings. The number of carbonyl (C=O) groups excluding carboxylic acids is 1. The average molecular weight is 267 g/mol. The fraction of sp³-hybridized carbons (Fsp3) is 0.625. The SMILES string of the molecule is C=C(C)C(=O)N[C@@H](F)C(F)(F)C(F)(F)C(F)F. The highest BCUT2D eigenvalue weighted by molar-refractivity contribution is 5.92. The Morgan fingerprint density at radius 1 is 1.12 bits per heavy atom. The second-order valence-corrected chi connectivity index (χ2v) is 3.16. The van der Waals surface area contributed by atoms with Gasteiger partial charge in [0, 0.05) is 5.57 Å². The molecule has 9 heteroatoms. The van der Waals surface area contributed by atoms with E-state index in [1.807, 2.05) is 0 Å². The van der Waals surface area contributed by atoms with E-state index in [4.69, 9.17) is 0 Å². The molecule has 1 atom stereocenters. The maximum atomic E-state index is 12.7. The summed E-state index contributed by atoms with van der Waals surface area (Å²) in [5, 5.41) is 0.812. The van der Waals surface area contributed by atoms with Crippen LogP contribution in [0.2, 0.25) is 0 Å². The summed E-state index contributed by atoms with van der Waals surface area (Å²) in [5.74, 6) is -13.1. The lowest BCUT2D eigenvalue weighted by molar-refractivity contribution is -0.287. The minimum atomic E-state index is -5.89. The van der Waals surface area contributed by atoms with Crippen molar-refractivity contribution in [1.29, 1.82) is 0 Å². The summed E-state index contributed by atoms with van der Waals surface area (Å²) < 4.78 is 85.9. The first-order valence-corrected chi connectivity index (χ1v) is 4.08. The smallest absolute Gasteiger partial charge is 0.317 e. The minimum absolute atomic E-state index is 0.441. The first-order valence-electron chi connectivity index (χ1n) is 4.08. The van der Waals surface area contributed by atoms with Crippen molar-refractivity contribution >= 4 is 5.91 Å². The van der Waals surface area contributed by atoms with Crippen molar-refractivity contribution in [2.75, 3.05) is 0 Å². The highest BCUT2D eigenvalue weighted by atomic mass is 19.3. The van der Waals surface area contributed by atoms with Gasteiger partial charge in [-0.1, -0.05) is 6.58 Å². The van der Waals surface area contributed by atoms with Gasteiger partial charge in [0.05, 0.1) is 0 Å². The van der Waals surface area contributed by atoms with Crippen LogP contribution in [-0.2, 0) is 4.79 Å². The molecule has 0 aliphatic heterocycles. The van der Waals surface area contributed by atoms with Crippen LogP contribution >= 0.6 is 0 Å². The molecule has 0 saturated heterocycles. The van der Waals surface area contributed by atoms with Crippen molar-refractivity contribution in [2.24, 2.45) is 0 Å². The number of hydrogen-bond acceptors (Lipinski definition) is 1. The standard InChI is InChI=1S/C8H8F7NO/c1-3(2)4(17)16-6(11)8(14,15)7(12,13)5(9)10/h5-6H,1H2,2H3,(H,16,17)/t6-/m1/s1. The molecule has 0 aromatic carbocycles. The van der Waals surface area contributed by atoms with E-state index >= 15 is 0 Å². The van der Waals surface area contributed by atoms with Gasteiger partial charge in [0.2, 0.25) is 12.2 Å². The molecule has 1 amide bonds. The molecular formula is C8H8F7NO. The third kappa shape index (κ3) is 3.10. The summed E-state index contributed by atoms with van der Waals surface area (Å²) in [6, 6.07) is 0. The molecule has 0 aromatic rings. The largest absolute Gasteiger partial charge is 0.374 e. The van der Waals surface area contributed by atoms with Gasteiger partial charge in [0.25, 0.3) is 0 Å². The Balaban J connectivity index is 4.94. The van der Waals surface area contributed by atoms with Crippen LogP contribution in [0.5, 0.6) is 0 Å². The monoisotopic (exact) mass is 267 g/mol. The molecule has 0 rings (SSSR count). The molecule has 0 aliphatic rings. The van der Waals surface area contributed by atoms with E-state index in [1.165, 1.54) is 0 Å². The highest BCUT2D eigenvalue weighted by Gasteiger charge is 2.67. The Kier molecular flexibility index (Phi) is 4.55. The zero-order chi connectivity index (χ0) is 14.0. The summed E-state index contributed by atoms with van der Waals surface area (Å²) in [7, 11) is 0. The predicted octanol–water partition coefficient (Wildman–Crippen LogP) is 2.51. The quantitative estimate of drug-likeness (QED) is 0.463. The Morgan fingerprint density at radius 2 is 1.53 bits per heavy atom. The fourth-order valence-electron chi connectivity index (χ4n) is 0.643. The topological polar surface area (TPSA) is 29.1 Å². The third-order valence-corrected chi connectivity index (χ3v) is 1.68. The fourth-order valence-corrected chi connectivity index (χ4v) is 0.643. The summed E-state index contributed by atoms with van der Waals surface area (Å²) in [5.41, 5.74) is -0.441. The number of nitrogens with one attached hydrogen (secondary N) is 1. The van der Waals surface area contributed by atoms with E-state index in [1.54, 1.807) is 0 Å². The highest BCUT2D eigenvalue weighted by Crippen LogP contribution is 2.41. The van der Waals surface area contributed by atoms with Gasteiger partial charge in [0.15, 0.2) is 0 Å². The van der Waals surface area contributed by atoms with E-state index in [-0.39, 0.29) is 0 Å². The van der Waals surface area contributed by atoms with Gasteiger partial charge in [0.1, 0.15) is 0 Å². The van der Waals surface area contributed by atoms with E-state index in [9.17, 15) is 35.5 Å². The van der Waals surface area contributed by atoms with Gasteiger partial charge in [-0.25, -0.2) is 13.2 Å². The summed E-state index contributed by atoms with van der Waals surface area (Å²) in [4.78, 5) is 10.7. The molecule has 0 heterocycles. The number of amides is 1. The van der Waals surface area contributed by atoms with Gasteiger partial charge < -0.3 is 5.32 Å². The molecule has 0 radical (unpaired) electrons. The van der Waals surface area contributed by atoms with Crippen molar-refractivity contribution in [2.45, 2.75) is 31.5 Å². The van der Waals surface area contributed by atoms with Crippen molar-refractivity contribution in [3.05, 3.63) is 12.2 Å². The zero-order valence-electron chi connectivity index (χ0n) is 8.42. The number of rotatable bonds is 5. The summed E-state index contributed by atoms with van der Waals surface area (Å²) in [6.07, 6.45) is -8.71. The Labute approximate surface area is 91.5 Å². The molecule has 0 aliphatic carbocycles. The molecule has 100 valence electrons. The van der Waals surface area contributed by atoms with Crippen LogP contribution in [0.3, 0.4) is 0 Å². The molecule has 1 N–H and O–H groups in total. The predicted molar refractivity (Wildman–Crippen MR) is 43.8 cm³/mol. The maximum Gasteiger partial charge on any atom is 0.374 e. The third-order valence-electron chi connectivity index (χ3n) is 1.68. The molecule has 17 heavy (non-hydrogen) atoms. The molecule has 0 aromatic heterocycles. The molecule has 2 nitrogen and oxygen atoms in total. The summed E-state index contributed by atoms with van der Waals surface area (Å²) in [6.45, 7) is 3.92. The van der Waals surface area contributed by atoms with E-state index < -0.39 is 36.0 Å². The van der Waals surface area contributed by atoms with E-state index in [0.717, 1.165) is 12.2 Å². The van der Waals surface area contributed by atoms with Crippen LogP contribution in [0, 0.1) is 0 Å². The van der Waals surface area contributed by atoms with Crippen LogP contribution in [0.25, 0.3) is 0 Å². The normalized spacial score (nSPS) is 14.6. The molecule has 0 saturated carbocycles. The Hall–Kier alpha value is -1.28. The number of carbonyl (C=O) groups is 1. The lowest BCUT2D eigenvalue weighted by Crippen LogP contribution is -2.57. The lowest BCUT2D eigenvalue weighted by Gasteiger charge is -2.28. The summed E-state index contributed by atoms with van der Waals surface area (Å²) >= 11 is 0.